The number of anilines is 1. The largest absolute Gasteiger partial charge is 0.353 e. The number of aryl methyl sites for hydroxylation is 1. The quantitative estimate of drug-likeness (QED) is 0.290. The van der Waals surface area contributed by atoms with Gasteiger partial charge >= 0.3 is 0 Å². The number of nitrogens with one attached hydrogen (secondary N) is 1. The average molecular weight is 493 g/mol. The van der Waals surface area contributed by atoms with Crippen molar-refractivity contribution in [2.75, 3.05) is 38.6 Å². The number of nitrogens with zero attached hydrogens (tertiary/aromatic N) is 5. The molecular weight excluding hydrogens is 455 g/mol. The van der Waals surface area contributed by atoms with Crippen molar-refractivity contribution in [3.8, 4) is 0 Å². The zero-order valence-electron chi connectivity index (χ0n) is 21.0. The molecule has 3 rings (SSSR count). The Labute approximate surface area is 205 Å². The molecule has 3 atom stereocenters. The number of halogens is 1. The van der Waals surface area contributed by atoms with Crippen molar-refractivity contribution in [1.82, 2.24) is 25.2 Å². The first-order chi connectivity index (χ1) is 16.6. The molecule has 2 aliphatic rings. The molecule has 194 valence electrons. The molecule has 11 heteroatoms. The summed E-state index contributed by atoms with van der Waals surface area (Å²) in [6.45, 7) is 4.22. The summed E-state index contributed by atoms with van der Waals surface area (Å²) in [6.07, 6.45) is 5.09. The van der Waals surface area contributed by atoms with Crippen LogP contribution in [-0.2, 0) is 20.9 Å². The highest BCUT2D eigenvalue weighted by atomic mass is 19.1. The molecular formula is C24H37FN6O4. The average Bonchev–Trinajstić information content (AvgIpc) is 3.47. The summed E-state index contributed by atoms with van der Waals surface area (Å²) in [4.78, 5) is 48.1. The lowest BCUT2D eigenvalue weighted by molar-refractivity contribution is -0.155. The van der Waals surface area contributed by atoms with E-state index < -0.39 is 11.7 Å². The van der Waals surface area contributed by atoms with Crippen LogP contribution in [0.1, 0.15) is 50.5 Å². The second-order valence-corrected chi connectivity index (χ2v) is 10.1. The molecule has 1 aliphatic carbocycles. The number of hydrogen-bond acceptors (Lipinski definition) is 7. The zero-order valence-corrected chi connectivity index (χ0v) is 21.0. The number of aromatic nitrogens is 2. The summed E-state index contributed by atoms with van der Waals surface area (Å²) < 4.78 is 15.5. The van der Waals surface area contributed by atoms with Gasteiger partial charge in [-0.25, -0.2) is 19.4 Å². The van der Waals surface area contributed by atoms with Crippen LogP contribution in [0, 0.1) is 36.4 Å². The third-order valence-corrected chi connectivity index (χ3v) is 7.11. The van der Waals surface area contributed by atoms with Crippen molar-refractivity contribution in [3.05, 3.63) is 17.3 Å². The van der Waals surface area contributed by atoms with E-state index >= 15 is 4.39 Å². The molecule has 10 nitrogen and oxygen atoms in total. The summed E-state index contributed by atoms with van der Waals surface area (Å²) in [7, 11) is 3.41. The molecule has 0 spiro atoms. The van der Waals surface area contributed by atoms with Gasteiger partial charge in [0.1, 0.15) is 11.5 Å². The van der Waals surface area contributed by atoms with Crippen LogP contribution in [0.4, 0.5) is 10.2 Å². The summed E-state index contributed by atoms with van der Waals surface area (Å²) in [5.41, 5.74) is 0.0618. The standard InChI is InChI=1S/C24H37FN6O4/c1-15-11-30(13-19(15)24(34)29(3)4)22-21(25)20(27-16(2)28-22)10-26-23(33)18(12-31(35)14-32)9-17-7-5-6-8-17/h14-15,17-19,35H,5-13H2,1-4H3,(H,26,33)/t15-,18+,19-/m0/s1. The van der Waals surface area contributed by atoms with E-state index in [0.29, 0.717) is 36.3 Å². The molecule has 1 saturated heterocycles. The predicted octanol–water partition coefficient (Wildman–Crippen LogP) is 1.74. The van der Waals surface area contributed by atoms with Gasteiger partial charge in [-0.3, -0.25) is 19.6 Å². The van der Waals surface area contributed by atoms with Crippen LogP contribution in [0.2, 0.25) is 0 Å². The number of carbonyl (C=O) groups is 3. The van der Waals surface area contributed by atoms with Crippen LogP contribution in [0.25, 0.3) is 0 Å². The van der Waals surface area contributed by atoms with Crippen molar-refractivity contribution in [1.29, 1.82) is 0 Å². The van der Waals surface area contributed by atoms with Gasteiger partial charge in [-0.15, -0.1) is 0 Å². The van der Waals surface area contributed by atoms with Crippen molar-refractivity contribution in [2.24, 2.45) is 23.7 Å². The van der Waals surface area contributed by atoms with Gasteiger partial charge in [-0.2, -0.15) is 0 Å². The van der Waals surface area contributed by atoms with Crippen molar-refractivity contribution in [3.63, 3.8) is 0 Å². The van der Waals surface area contributed by atoms with Crippen LogP contribution >= 0.6 is 0 Å². The van der Waals surface area contributed by atoms with E-state index in [1.54, 1.807) is 30.8 Å². The summed E-state index contributed by atoms with van der Waals surface area (Å²) in [5.74, 6) is -0.928. The summed E-state index contributed by atoms with van der Waals surface area (Å²) in [5, 5.41) is 12.9. The van der Waals surface area contributed by atoms with E-state index in [-0.39, 0.29) is 54.7 Å². The van der Waals surface area contributed by atoms with Crippen LogP contribution in [0.3, 0.4) is 0 Å². The molecule has 1 aliphatic heterocycles. The van der Waals surface area contributed by atoms with Gasteiger partial charge in [0.05, 0.1) is 24.9 Å². The van der Waals surface area contributed by atoms with E-state index in [4.69, 9.17) is 0 Å². The van der Waals surface area contributed by atoms with Gasteiger partial charge in [-0.05, 0) is 25.2 Å². The maximum absolute atomic E-state index is 15.5. The molecule has 35 heavy (non-hydrogen) atoms. The van der Waals surface area contributed by atoms with Crippen LogP contribution in [0.15, 0.2) is 0 Å². The van der Waals surface area contributed by atoms with Crippen molar-refractivity contribution >= 4 is 24.0 Å². The van der Waals surface area contributed by atoms with Crippen LogP contribution < -0.4 is 10.2 Å². The molecule has 0 aromatic carbocycles. The van der Waals surface area contributed by atoms with Gasteiger partial charge in [-0.1, -0.05) is 32.6 Å². The highest BCUT2D eigenvalue weighted by Crippen LogP contribution is 2.32. The zero-order chi connectivity index (χ0) is 25.7. The lowest BCUT2D eigenvalue weighted by Crippen LogP contribution is -2.38. The molecule has 2 heterocycles. The predicted molar refractivity (Wildman–Crippen MR) is 127 cm³/mol. The maximum atomic E-state index is 15.5. The number of carbonyl (C=O) groups excluding carboxylic acids is 3. The number of rotatable bonds is 10. The molecule has 0 bridgehead atoms. The number of amides is 3. The Kier molecular flexibility index (Phi) is 8.98. The Morgan fingerprint density at radius 2 is 1.94 bits per heavy atom. The lowest BCUT2D eigenvalue weighted by atomic mass is 9.92. The highest BCUT2D eigenvalue weighted by Gasteiger charge is 2.37. The van der Waals surface area contributed by atoms with E-state index in [0.717, 1.165) is 25.7 Å². The number of hydroxylamine groups is 2. The van der Waals surface area contributed by atoms with Gasteiger partial charge in [0, 0.05) is 27.2 Å². The fourth-order valence-electron chi connectivity index (χ4n) is 5.22. The van der Waals surface area contributed by atoms with E-state index in [2.05, 4.69) is 15.3 Å². The third kappa shape index (κ3) is 6.65. The molecule has 2 fully saturated rings. The Bertz CT molecular complexity index is 924. The Morgan fingerprint density at radius 1 is 1.26 bits per heavy atom. The molecule has 3 amide bonds. The van der Waals surface area contributed by atoms with Crippen LogP contribution in [0.5, 0.6) is 0 Å². The Hall–Kier alpha value is -2.82. The van der Waals surface area contributed by atoms with Gasteiger partial charge in [0.25, 0.3) is 0 Å². The van der Waals surface area contributed by atoms with Gasteiger partial charge < -0.3 is 15.1 Å². The minimum atomic E-state index is -0.620. The third-order valence-electron chi connectivity index (χ3n) is 7.11. The maximum Gasteiger partial charge on any atom is 0.233 e. The minimum Gasteiger partial charge on any atom is -0.353 e. The van der Waals surface area contributed by atoms with Gasteiger partial charge in [0.2, 0.25) is 18.2 Å². The molecule has 0 radical (unpaired) electrons. The van der Waals surface area contributed by atoms with E-state index in [1.807, 2.05) is 6.92 Å². The van der Waals surface area contributed by atoms with E-state index in [1.165, 1.54) is 0 Å². The molecule has 1 saturated carbocycles. The second kappa shape index (κ2) is 11.7. The fraction of sp³-hybridized carbons (Fsp3) is 0.708. The van der Waals surface area contributed by atoms with E-state index in [9.17, 15) is 19.6 Å². The SMILES string of the molecule is Cc1nc(CNC(=O)[C@H](CC2CCCC2)CN(O)C=O)c(F)c(N2C[C@H](C(=O)N(C)C)[C@@H](C)C2)n1. The minimum absolute atomic E-state index is 0.000212. The Balaban J connectivity index is 1.71. The highest BCUT2D eigenvalue weighted by molar-refractivity contribution is 5.80. The second-order valence-electron chi connectivity index (χ2n) is 10.1. The molecule has 1 aromatic rings. The molecule has 0 unspecified atom stereocenters. The molecule has 2 N–H and O–H groups in total. The first-order valence-electron chi connectivity index (χ1n) is 12.3. The molecule has 1 aromatic heterocycles. The van der Waals surface area contributed by atoms with Gasteiger partial charge in [0.15, 0.2) is 11.6 Å². The first kappa shape index (κ1) is 26.8. The fourth-order valence-corrected chi connectivity index (χ4v) is 5.22. The number of hydrogen-bond donors (Lipinski definition) is 2. The first-order valence-corrected chi connectivity index (χ1v) is 12.3. The van der Waals surface area contributed by atoms with Crippen LogP contribution in [-0.4, -0.2) is 77.1 Å². The monoisotopic (exact) mass is 492 g/mol. The summed E-state index contributed by atoms with van der Waals surface area (Å²) >= 11 is 0. The summed E-state index contributed by atoms with van der Waals surface area (Å²) in [6, 6.07) is 0. The lowest BCUT2D eigenvalue weighted by Gasteiger charge is -2.23. The Morgan fingerprint density at radius 3 is 2.57 bits per heavy atom. The smallest absolute Gasteiger partial charge is 0.233 e. The van der Waals surface area contributed by atoms with Crippen molar-refractivity contribution in [2.45, 2.75) is 52.5 Å². The normalized spacial score (nSPS) is 21.1. The topological polar surface area (TPSA) is 119 Å². The van der Waals surface area contributed by atoms with Crippen molar-refractivity contribution < 1.29 is 24.0 Å².